The molecule has 0 saturated carbocycles. The molecule has 1 amide bonds. The molecule has 1 unspecified atom stereocenters. The van der Waals surface area contributed by atoms with Gasteiger partial charge in [-0.2, -0.15) is 0 Å². The second-order valence-electron chi connectivity index (χ2n) is 4.02. The molecular weight excluding hydrogens is 266 g/mol. The molecule has 0 aliphatic heterocycles. The van der Waals surface area contributed by atoms with Crippen LogP contribution in [0, 0.1) is 6.92 Å². The zero-order valence-electron chi connectivity index (χ0n) is 9.79. The summed E-state index contributed by atoms with van der Waals surface area (Å²) >= 11 is 3.45. The van der Waals surface area contributed by atoms with Crippen LogP contribution in [0.5, 0.6) is 0 Å². The highest BCUT2D eigenvalue weighted by molar-refractivity contribution is 9.09. The van der Waals surface area contributed by atoms with E-state index >= 15 is 0 Å². The maximum atomic E-state index is 11.6. The van der Waals surface area contributed by atoms with Crippen LogP contribution in [0.25, 0.3) is 0 Å². The van der Waals surface area contributed by atoms with Gasteiger partial charge in [0.25, 0.3) is 0 Å². The third-order valence-corrected chi connectivity index (χ3v) is 2.93. The first-order valence-corrected chi connectivity index (χ1v) is 6.46. The lowest BCUT2D eigenvalue weighted by molar-refractivity contribution is -0.120. The van der Waals surface area contributed by atoms with E-state index in [4.69, 9.17) is 0 Å². The van der Waals surface area contributed by atoms with Gasteiger partial charge in [0.15, 0.2) is 0 Å². The van der Waals surface area contributed by atoms with Crippen LogP contribution in [-0.4, -0.2) is 17.3 Å². The van der Waals surface area contributed by atoms with Crippen molar-refractivity contribution in [2.24, 2.45) is 0 Å². The molecule has 0 heterocycles. The van der Waals surface area contributed by atoms with Crippen molar-refractivity contribution in [3.8, 4) is 0 Å². The molecule has 0 fully saturated rings. The van der Waals surface area contributed by atoms with Gasteiger partial charge in [0, 0.05) is 11.4 Å². The smallest absolute Gasteiger partial charge is 0.224 e. The zero-order chi connectivity index (χ0) is 12.0. The first-order valence-electron chi connectivity index (χ1n) is 5.55. The topological polar surface area (TPSA) is 29.1 Å². The van der Waals surface area contributed by atoms with Gasteiger partial charge in [0.05, 0.1) is 6.42 Å². The van der Waals surface area contributed by atoms with E-state index in [0.29, 0.717) is 11.2 Å². The summed E-state index contributed by atoms with van der Waals surface area (Å²) in [6, 6.07) is 7.99. The molecule has 16 heavy (non-hydrogen) atoms. The van der Waals surface area contributed by atoms with Gasteiger partial charge >= 0.3 is 0 Å². The van der Waals surface area contributed by atoms with Gasteiger partial charge in [-0.05, 0) is 24.5 Å². The lowest BCUT2D eigenvalue weighted by Gasteiger charge is -2.08. The van der Waals surface area contributed by atoms with E-state index in [1.54, 1.807) is 0 Å². The van der Waals surface area contributed by atoms with Crippen LogP contribution >= 0.6 is 15.9 Å². The normalized spacial score (nSPS) is 12.2. The van der Waals surface area contributed by atoms with Crippen LogP contribution < -0.4 is 5.32 Å². The Morgan fingerprint density at radius 1 is 1.44 bits per heavy atom. The molecule has 0 aromatic heterocycles. The van der Waals surface area contributed by atoms with Gasteiger partial charge in [0.1, 0.15) is 0 Å². The lowest BCUT2D eigenvalue weighted by Crippen LogP contribution is -2.27. The molecule has 0 spiro atoms. The van der Waals surface area contributed by atoms with Crippen LogP contribution in [-0.2, 0) is 11.2 Å². The van der Waals surface area contributed by atoms with Crippen LogP contribution in [0.15, 0.2) is 24.3 Å². The summed E-state index contributed by atoms with van der Waals surface area (Å²) in [5, 5.41) is 2.92. The van der Waals surface area contributed by atoms with Crippen LogP contribution in [0.1, 0.15) is 24.5 Å². The molecule has 1 rings (SSSR count). The summed E-state index contributed by atoms with van der Waals surface area (Å²) < 4.78 is 0. The summed E-state index contributed by atoms with van der Waals surface area (Å²) in [6.07, 6.45) is 1.43. The standard InChI is InChI=1S/C13H18BrNO/c1-10-5-3-4-6-12(10)9-13(16)15-8-7-11(2)14/h3-6,11H,7-9H2,1-2H3,(H,15,16). The number of hydrogen-bond acceptors (Lipinski definition) is 1. The third kappa shape index (κ3) is 4.79. The Morgan fingerprint density at radius 2 is 2.12 bits per heavy atom. The lowest BCUT2D eigenvalue weighted by atomic mass is 10.1. The Labute approximate surface area is 106 Å². The Hall–Kier alpha value is -0.830. The van der Waals surface area contributed by atoms with Crippen molar-refractivity contribution in [1.82, 2.24) is 5.32 Å². The Balaban J connectivity index is 2.37. The first-order chi connectivity index (χ1) is 7.59. The predicted octanol–water partition coefficient (Wildman–Crippen LogP) is 2.83. The maximum absolute atomic E-state index is 11.6. The second-order valence-corrected chi connectivity index (χ2v) is 5.59. The highest BCUT2D eigenvalue weighted by Crippen LogP contribution is 2.07. The first kappa shape index (κ1) is 13.2. The van der Waals surface area contributed by atoms with Crippen LogP contribution in [0.4, 0.5) is 0 Å². The van der Waals surface area contributed by atoms with Gasteiger partial charge < -0.3 is 5.32 Å². The van der Waals surface area contributed by atoms with E-state index in [0.717, 1.165) is 18.5 Å². The minimum absolute atomic E-state index is 0.0995. The average Bonchev–Trinajstić information content (AvgIpc) is 2.21. The van der Waals surface area contributed by atoms with Crippen molar-refractivity contribution < 1.29 is 4.79 Å². The quantitative estimate of drug-likeness (QED) is 0.828. The molecule has 0 saturated heterocycles. The molecule has 1 aromatic carbocycles. The van der Waals surface area contributed by atoms with E-state index in [1.165, 1.54) is 5.56 Å². The van der Waals surface area contributed by atoms with Gasteiger partial charge in [0.2, 0.25) is 5.91 Å². The van der Waals surface area contributed by atoms with E-state index in [1.807, 2.05) is 31.2 Å². The fourth-order valence-electron chi connectivity index (χ4n) is 1.45. The SMILES string of the molecule is Cc1ccccc1CC(=O)NCCC(C)Br. The van der Waals surface area contributed by atoms with E-state index in [2.05, 4.69) is 28.2 Å². The number of carbonyl (C=O) groups excluding carboxylic acids is 1. The van der Waals surface area contributed by atoms with E-state index in [9.17, 15) is 4.79 Å². The monoisotopic (exact) mass is 283 g/mol. The number of amides is 1. The number of hydrogen-bond donors (Lipinski definition) is 1. The fourth-order valence-corrected chi connectivity index (χ4v) is 1.68. The predicted molar refractivity (Wildman–Crippen MR) is 70.9 cm³/mol. The van der Waals surface area contributed by atoms with Gasteiger partial charge in [-0.15, -0.1) is 0 Å². The van der Waals surface area contributed by atoms with Crippen LogP contribution in [0.3, 0.4) is 0 Å². The molecule has 3 heteroatoms. The number of carbonyl (C=O) groups is 1. The number of nitrogens with one attached hydrogen (secondary N) is 1. The van der Waals surface area contributed by atoms with Crippen molar-refractivity contribution in [1.29, 1.82) is 0 Å². The zero-order valence-corrected chi connectivity index (χ0v) is 11.4. The molecule has 0 bridgehead atoms. The van der Waals surface area contributed by atoms with Gasteiger partial charge in [-0.1, -0.05) is 47.1 Å². The third-order valence-electron chi connectivity index (χ3n) is 2.48. The summed E-state index contributed by atoms with van der Waals surface area (Å²) in [6.45, 7) is 4.84. The largest absolute Gasteiger partial charge is 0.356 e. The van der Waals surface area contributed by atoms with E-state index in [-0.39, 0.29) is 5.91 Å². The van der Waals surface area contributed by atoms with Crippen molar-refractivity contribution in [3.63, 3.8) is 0 Å². The minimum atomic E-state index is 0.0995. The van der Waals surface area contributed by atoms with Crippen molar-refractivity contribution >= 4 is 21.8 Å². The summed E-state index contributed by atoms with van der Waals surface area (Å²) in [7, 11) is 0. The molecule has 1 atom stereocenters. The summed E-state index contributed by atoms with van der Waals surface area (Å²) in [4.78, 5) is 12.1. The highest BCUT2D eigenvalue weighted by Gasteiger charge is 2.05. The number of benzene rings is 1. The molecule has 1 N–H and O–H groups in total. The molecule has 0 aliphatic rings. The number of alkyl halides is 1. The molecule has 0 aliphatic carbocycles. The summed E-state index contributed by atoms with van der Waals surface area (Å²) in [5.41, 5.74) is 2.28. The van der Waals surface area contributed by atoms with Gasteiger partial charge in [-0.3, -0.25) is 4.79 Å². The Kier molecular flexibility index (Phi) is 5.53. The van der Waals surface area contributed by atoms with E-state index < -0.39 is 0 Å². The Morgan fingerprint density at radius 3 is 2.75 bits per heavy atom. The van der Waals surface area contributed by atoms with Gasteiger partial charge in [-0.25, -0.2) is 0 Å². The number of aryl methyl sites for hydroxylation is 1. The van der Waals surface area contributed by atoms with Crippen molar-refractivity contribution in [3.05, 3.63) is 35.4 Å². The molecule has 2 nitrogen and oxygen atoms in total. The van der Waals surface area contributed by atoms with Crippen molar-refractivity contribution in [2.45, 2.75) is 31.5 Å². The molecule has 1 aromatic rings. The summed E-state index contributed by atoms with van der Waals surface area (Å²) in [5.74, 6) is 0.0995. The molecular formula is C13H18BrNO. The molecule has 88 valence electrons. The van der Waals surface area contributed by atoms with Crippen LogP contribution in [0.2, 0.25) is 0 Å². The average molecular weight is 284 g/mol. The molecule has 0 radical (unpaired) electrons. The van der Waals surface area contributed by atoms with Crippen molar-refractivity contribution in [2.75, 3.05) is 6.54 Å². The number of halogens is 1. The second kappa shape index (κ2) is 6.69. The highest BCUT2D eigenvalue weighted by atomic mass is 79.9. The number of rotatable bonds is 5. The Bertz CT molecular complexity index is 350. The maximum Gasteiger partial charge on any atom is 0.224 e. The minimum Gasteiger partial charge on any atom is -0.356 e. The fraction of sp³-hybridized carbons (Fsp3) is 0.462.